The molecule has 1 aromatic carbocycles. The van der Waals surface area contributed by atoms with Crippen LogP contribution in [0.15, 0.2) is 28.8 Å². The van der Waals surface area contributed by atoms with E-state index in [4.69, 9.17) is 16.1 Å². The molecule has 17 heavy (non-hydrogen) atoms. The van der Waals surface area contributed by atoms with E-state index in [0.717, 1.165) is 0 Å². The number of ether oxygens (including phenoxy) is 1. The average molecular weight is 252 g/mol. The van der Waals surface area contributed by atoms with Gasteiger partial charge in [-0.2, -0.15) is 0 Å². The summed E-state index contributed by atoms with van der Waals surface area (Å²) < 4.78 is 9.76. The summed E-state index contributed by atoms with van der Waals surface area (Å²) >= 11 is 6.04. The third-order valence-electron chi connectivity index (χ3n) is 2.34. The van der Waals surface area contributed by atoms with Gasteiger partial charge in [-0.05, 0) is 19.1 Å². The molecule has 5 heteroatoms. The van der Waals surface area contributed by atoms with Gasteiger partial charge in [0, 0.05) is 5.56 Å². The molecule has 0 atom stereocenters. The number of aromatic nitrogens is 1. The van der Waals surface area contributed by atoms with Gasteiger partial charge in [-0.1, -0.05) is 28.9 Å². The van der Waals surface area contributed by atoms with Gasteiger partial charge in [-0.25, -0.2) is 4.79 Å². The van der Waals surface area contributed by atoms with E-state index < -0.39 is 5.97 Å². The quantitative estimate of drug-likeness (QED) is 0.770. The molecule has 0 saturated heterocycles. The standard InChI is InChI=1S/C12H10ClNO3/c1-7-10(13)11(17-14-7)8-4-3-5-9(6-8)12(15)16-2/h3-6H,1-2H3. The third-order valence-corrected chi connectivity index (χ3v) is 2.78. The average Bonchev–Trinajstić information content (AvgIpc) is 2.69. The summed E-state index contributed by atoms with van der Waals surface area (Å²) in [5.41, 5.74) is 1.75. The van der Waals surface area contributed by atoms with Gasteiger partial charge in [-0.15, -0.1) is 0 Å². The lowest BCUT2D eigenvalue weighted by molar-refractivity contribution is 0.0601. The smallest absolute Gasteiger partial charge is 0.337 e. The van der Waals surface area contributed by atoms with Crippen molar-refractivity contribution in [3.8, 4) is 11.3 Å². The van der Waals surface area contributed by atoms with Crippen molar-refractivity contribution in [3.63, 3.8) is 0 Å². The molecular formula is C12H10ClNO3. The minimum Gasteiger partial charge on any atom is -0.465 e. The van der Waals surface area contributed by atoms with Gasteiger partial charge in [0.1, 0.15) is 5.02 Å². The second-order valence-electron chi connectivity index (χ2n) is 3.48. The highest BCUT2D eigenvalue weighted by Crippen LogP contribution is 2.30. The Morgan fingerprint density at radius 3 is 2.82 bits per heavy atom. The molecule has 0 aliphatic heterocycles. The van der Waals surface area contributed by atoms with E-state index in [1.54, 1.807) is 31.2 Å². The Morgan fingerprint density at radius 1 is 1.47 bits per heavy atom. The van der Waals surface area contributed by atoms with Crippen LogP contribution in [0, 0.1) is 6.92 Å². The minimum absolute atomic E-state index is 0.404. The molecule has 2 rings (SSSR count). The van der Waals surface area contributed by atoms with Crippen molar-refractivity contribution in [2.45, 2.75) is 6.92 Å². The highest BCUT2D eigenvalue weighted by Gasteiger charge is 2.14. The fraction of sp³-hybridized carbons (Fsp3) is 0.167. The fourth-order valence-corrected chi connectivity index (χ4v) is 1.62. The first-order valence-corrected chi connectivity index (χ1v) is 5.32. The maximum atomic E-state index is 11.4. The fourth-order valence-electron chi connectivity index (χ4n) is 1.44. The first-order valence-electron chi connectivity index (χ1n) is 4.94. The number of methoxy groups -OCH3 is 1. The molecule has 0 aliphatic carbocycles. The SMILES string of the molecule is COC(=O)c1cccc(-c2onc(C)c2Cl)c1. The van der Waals surface area contributed by atoms with Crippen LogP contribution in [-0.4, -0.2) is 18.2 Å². The largest absolute Gasteiger partial charge is 0.465 e. The molecule has 2 aromatic rings. The van der Waals surface area contributed by atoms with Crippen molar-refractivity contribution in [1.82, 2.24) is 5.16 Å². The molecule has 0 bridgehead atoms. The van der Waals surface area contributed by atoms with Gasteiger partial charge in [-0.3, -0.25) is 0 Å². The Labute approximate surface area is 103 Å². The van der Waals surface area contributed by atoms with Gasteiger partial charge in [0.2, 0.25) is 0 Å². The van der Waals surface area contributed by atoms with Crippen LogP contribution in [0.4, 0.5) is 0 Å². The third kappa shape index (κ3) is 2.17. The summed E-state index contributed by atoms with van der Waals surface area (Å²) in [5, 5.41) is 4.22. The Morgan fingerprint density at radius 2 is 2.24 bits per heavy atom. The number of esters is 1. The number of carbonyl (C=O) groups excluding carboxylic acids is 1. The topological polar surface area (TPSA) is 52.3 Å². The van der Waals surface area contributed by atoms with E-state index in [1.807, 2.05) is 0 Å². The number of hydrogen-bond donors (Lipinski definition) is 0. The monoisotopic (exact) mass is 251 g/mol. The van der Waals surface area contributed by atoms with Crippen LogP contribution in [-0.2, 0) is 4.74 Å². The zero-order valence-corrected chi connectivity index (χ0v) is 10.1. The van der Waals surface area contributed by atoms with Crippen LogP contribution in [0.3, 0.4) is 0 Å². The van der Waals surface area contributed by atoms with Crippen molar-refractivity contribution in [3.05, 3.63) is 40.5 Å². The summed E-state index contributed by atoms with van der Waals surface area (Å²) in [7, 11) is 1.33. The van der Waals surface area contributed by atoms with E-state index in [-0.39, 0.29) is 0 Å². The lowest BCUT2D eigenvalue weighted by Crippen LogP contribution is -2.00. The molecule has 0 spiro atoms. The maximum absolute atomic E-state index is 11.4. The molecule has 0 N–H and O–H groups in total. The molecule has 0 unspecified atom stereocenters. The van der Waals surface area contributed by atoms with Crippen LogP contribution in [0.1, 0.15) is 16.1 Å². The highest BCUT2D eigenvalue weighted by molar-refractivity contribution is 6.33. The molecule has 0 saturated carbocycles. The normalized spacial score (nSPS) is 10.3. The predicted octanol–water partition coefficient (Wildman–Crippen LogP) is 3.09. The lowest BCUT2D eigenvalue weighted by Gasteiger charge is -2.01. The number of hydrogen-bond acceptors (Lipinski definition) is 4. The van der Waals surface area contributed by atoms with Gasteiger partial charge in [0.15, 0.2) is 5.76 Å². The number of aryl methyl sites for hydroxylation is 1. The van der Waals surface area contributed by atoms with Crippen molar-refractivity contribution >= 4 is 17.6 Å². The number of carbonyl (C=O) groups is 1. The van der Waals surface area contributed by atoms with Gasteiger partial charge in [0.25, 0.3) is 0 Å². The Bertz CT molecular complexity index is 563. The first-order chi connectivity index (χ1) is 8.13. The van der Waals surface area contributed by atoms with Crippen LogP contribution in [0.25, 0.3) is 11.3 Å². The molecule has 4 nitrogen and oxygen atoms in total. The number of halogens is 1. The van der Waals surface area contributed by atoms with E-state index in [9.17, 15) is 4.79 Å². The molecule has 0 aliphatic rings. The molecular weight excluding hydrogens is 242 g/mol. The summed E-state index contributed by atoms with van der Waals surface area (Å²) in [5.74, 6) is 0.0501. The molecule has 1 aromatic heterocycles. The van der Waals surface area contributed by atoms with Crippen LogP contribution in [0.2, 0.25) is 5.02 Å². The van der Waals surface area contributed by atoms with Gasteiger partial charge >= 0.3 is 5.97 Å². The van der Waals surface area contributed by atoms with Crippen molar-refractivity contribution < 1.29 is 14.1 Å². The van der Waals surface area contributed by atoms with Gasteiger partial charge < -0.3 is 9.26 Å². The van der Waals surface area contributed by atoms with E-state index in [0.29, 0.717) is 27.6 Å². The second-order valence-corrected chi connectivity index (χ2v) is 3.86. The van der Waals surface area contributed by atoms with Crippen LogP contribution in [0.5, 0.6) is 0 Å². The molecule has 0 amide bonds. The van der Waals surface area contributed by atoms with Gasteiger partial charge in [0.05, 0.1) is 18.4 Å². The Hall–Kier alpha value is -1.81. The van der Waals surface area contributed by atoms with Crippen LogP contribution < -0.4 is 0 Å². The van der Waals surface area contributed by atoms with E-state index in [2.05, 4.69) is 9.89 Å². The van der Waals surface area contributed by atoms with Crippen molar-refractivity contribution in [1.29, 1.82) is 0 Å². The summed E-state index contributed by atoms with van der Waals surface area (Å²) in [4.78, 5) is 11.4. The first kappa shape index (κ1) is 11.7. The highest BCUT2D eigenvalue weighted by atomic mass is 35.5. The molecule has 88 valence electrons. The molecule has 0 radical (unpaired) electrons. The number of nitrogens with zero attached hydrogens (tertiary/aromatic N) is 1. The number of rotatable bonds is 2. The van der Waals surface area contributed by atoms with Crippen molar-refractivity contribution in [2.24, 2.45) is 0 Å². The zero-order chi connectivity index (χ0) is 12.4. The summed E-state index contributed by atoms with van der Waals surface area (Å²) in [6.45, 7) is 1.75. The summed E-state index contributed by atoms with van der Waals surface area (Å²) in [6, 6.07) is 6.83. The zero-order valence-electron chi connectivity index (χ0n) is 9.36. The number of benzene rings is 1. The Balaban J connectivity index is 2.47. The van der Waals surface area contributed by atoms with E-state index in [1.165, 1.54) is 7.11 Å². The lowest BCUT2D eigenvalue weighted by atomic mass is 10.1. The Kier molecular flexibility index (Phi) is 3.15. The maximum Gasteiger partial charge on any atom is 0.337 e. The second kappa shape index (κ2) is 4.59. The molecule has 0 fully saturated rings. The van der Waals surface area contributed by atoms with Crippen LogP contribution >= 0.6 is 11.6 Å². The van der Waals surface area contributed by atoms with E-state index >= 15 is 0 Å². The van der Waals surface area contributed by atoms with Crippen molar-refractivity contribution in [2.75, 3.05) is 7.11 Å². The minimum atomic E-state index is -0.404. The summed E-state index contributed by atoms with van der Waals surface area (Å²) in [6.07, 6.45) is 0. The predicted molar refractivity (Wildman–Crippen MR) is 63.0 cm³/mol. The molecule has 1 heterocycles.